The molecule has 3 heterocycles. The number of para-hydroxylation sites is 1. The summed E-state index contributed by atoms with van der Waals surface area (Å²) in [4.78, 5) is 32.1. The van der Waals surface area contributed by atoms with E-state index in [1.807, 2.05) is 47.4 Å². The summed E-state index contributed by atoms with van der Waals surface area (Å²) in [5.74, 6) is 0.609. The molecule has 2 unspecified atom stereocenters. The molecule has 6 rings (SSSR count). The van der Waals surface area contributed by atoms with E-state index in [-0.39, 0.29) is 17.6 Å². The largest absolute Gasteiger partial charge is 0.295 e. The summed E-state index contributed by atoms with van der Waals surface area (Å²) in [5.41, 5.74) is 3.80. The van der Waals surface area contributed by atoms with Crippen LogP contribution in [0.4, 0.5) is 11.4 Å². The summed E-state index contributed by atoms with van der Waals surface area (Å²) in [5, 5.41) is 0.596. The second kappa shape index (κ2) is 8.45. The average molecular weight is 490 g/mol. The Labute approximate surface area is 208 Å². The van der Waals surface area contributed by atoms with Gasteiger partial charge in [-0.15, -0.1) is 11.8 Å². The number of amides is 2. The van der Waals surface area contributed by atoms with Gasteiger partial charge in [-0.3, -0.25) is 24.3 Å². The minimum atomic E-state index is -1.08. The van der Waals surface area contributed by atoms with E-state index in [2.05, 4.69) is 29.2 Å². The molecule has 3 aromatic rings. The number of carbonyl (C=O) groups is 2. The van der Waals surface area contributed by atoms with Gasteiger partial charge in [0.2, 0.25) is 10.8 Å². The van der Waals surface area contributed by atoms with Gasteiger partial charge in [0.15, 0.2) is 0 Å². The maximum atomic E-state index is 14.2. The molecular formula is C27H24ClN3O2S. The number of fused-ring (bicyclic) bond motifs is 2. The Morgan fingerprint density at radius 1 is 0.941 bits per heavy atom. The SMILES string of the molecule is O=C1CSC2(C(=O)N(CN3CCC(c4ccccc4)C3)c3ccccc32)N1c1ccc(Cl)cc1. The van der Waals surface area contributed by atoms with Crippen LogP contribution in [0.3, 0.4) is 0 Å². The number of carbonyl (C=O) groups excluding carboxylic acids is 2. The standard InChI is InChI=1S/C27H24ClN3O2S/c28-21-10-12-22(13-11-21)31-25(32)17-34-27(31)23-8-4-5-9-24(23)30(26(27)33)18-29-15-14-20(16-29)19-6-2-1-3-7-19/h1-13,20H,14-18H2. The van der Waals surface area contributed by atoms with Crippen molar-refractivity contribution in [3.63, 3.8) is 0 Å². The van der Waals surface area contributed by atoms with Gasteiger partial charge in [0.05, 0.1) is 18.1 Å². The van der Waals surface area contributed by atoms with Gasteiger partial charge in [-0.05, 0) is 48.2 Å². The third kappa shape index (κ3) is 3.35. The maximum Gasteiger partial charge on any atom is 0.269 e. The molecule has 0 aliphatic carbocycles. The first-order chi connectivity index (χ1) is 16.6. The number of rotatable bonds is 4. The van der Waals surface area contributed by atoms with E-state index in [1.54, 1.807) is 17.0 Å². The van der Waals surface area contributed by atoms with Crippen molar-refractivity contribution in [3.05, 3.63) is 95.0 Å². The van der Waals surface area contributed by atoms with Crippen molar-refractivity contribution in [2.75, 3.05) is 35.3 Å². The average Bonchev–Trinajstić information content (AvgIpc) is 3.54. The van der Waals surface area contributed by atoms with E-state index in [1.165, 1.54) is 17.3 Å². The summed E-state index contributed by atoms with van der Waals surface area (Å²) in [7, 11) is 0. The fourth-order valence-electron chi connectivity index (χ4n) is 5.44. The number of benzene rings is 3. The molecule has 7 heteroatoms. The lowest BCUT2D eigenvalue weighted by atomic mass is 9.99. The van der Waals surface area contributed by atoms with Crippen molar-refractivity contribution >= 4 is 46.6 Å². The van der Waals surface area contributed by atoms with E-state index in [4.69, 9.17) is 11.6 Å². The molecule has 0 saturated carbocycles. The zero-order chi connectivity index (χ0) is 23.3. The van der Waals surface area contributed by atoms with Crippen LogP contribution in [-0.4, -0.2) is 42.2 Å². The van der Waals surface area contributed by atoms with E-state index >= 15 is 0 Å². The first-order valence-corrected chi connectivity index (χ1v) is 12.9. The van der Waals surface area contributed by atoms with E-state index in [9.17, 15) is 9.59 Å². The lowest BCUT2D eigenvalue weighted by molar-refractivity contribution is -0.123. The summed E-state index contributed by atoms with van der Waals surface area (Å²) >= 11 is 7.51. The van der Waals surface area contributed by atoms with Crippen molar-refractivity contribution in [1.82, 2.24) is 4.90 Å². The molecule has 2 atom stereocenters. The van der Waals surface area contributed by atoms with Crippen LogP contribution >= 0.6 is 23.4 Å². The molecule has 3 aliphatic rings. The summed E-state index contributed by atoms with van der Waals surface area (Å²) in [6, 6.07) is 25.6. The second-order valence-electron chi connectivity index (χ2n) is 9.00. The molecule has 2 saturated heterocycles. The minimum absolute atomic E-state index is 0.0531. The smallest absolute Gasteiger partial charge is 0.269 e. The highest BCUT2D eigenvalue weighted by molar-refractivity contribution is 8.02. The Balaban J connectivity index is 1.33. The molecule has 0 radical (unpaired) electrons. The summed E-state index contributed by atoms with van der Waals surface area (Å²) in [6.07, 6.45) is 1.07. The third-order valence-electron chi connectivity index (χ3n) is 7.03. The number of nitrogens with zero attached hydrogens (tertiary/aromatic N) is 3. The van der Waals surface area contributed by atoms with Gasteiger partial charge in [-0.2, -0.15) is 0 Å². The molecule has 172 valence electrons. The number of hydrogen-bond acceptors (Lipinski definition) is 4. The Hall–Kier alpha value is -2.80. The Bertz CT molecular complexity index is 1250. The topological polar surface area (TPSA) is 43.9 Å². The lowest BCUT2D eigenvalue weighted by Gasteiger charge is -2.33. The zero-order valence-corrected chi connectivity index (χ0v) is 20.1. The van der Waals surface area contributed by atoms with Crippen LogP contribution in [0.2, 0.25) is 5.02 Å². The first kappa shape index (κ1) is 21.7. The third-order valence-corrected chi connectivity index (χ3v) is 8.67. The first-order valence-electron chi connectivity index (χ1n) is 11.5. The zero-order valence-electron chi connectivity index (χ0n) is 18.6. The number of anilines is 2. The summed E-state index contributed by atoms with van der Waals surface area (Å²) < 4.78 is 0. The summed E-state index contributed by atoms with van der Waals surface area (Å²) in [6.45, 7) is 2.37. The number of halogens is 1. The molecule has 0 bridgehead atoms. The van der Waals surface area contributed by atoms with Crippen LogP contribution in [0, 0.1) is 0 Å². The van der Waals surface area contributed by atoms with Crippen molar-refractivity contribution in [1.29, 1.82) is 0 Å². The maximum absolute atomic E-state index is 14.2. The Morgan fingerprint density at radius 3 is 2.47 bits per heavy atom. The minimum Gasteiger partial charge on any atom is -0.295 e. The van der Waals surface area contributed by atoms with E-state index < -0.39 is 4.87 Å². The fraction of sp³-hybridized carbons (Fsp3) is 0.259. The van der Waals surface area contributed by atoms with Crippen LogP contribution in [-0.2, 0) is 14.5 Å². The van der Waals surface area contributed by atoms with Crippen molar-refractivity contribution in [2.45, 2.75) is 17.2 Å². The van der Waals surface area contributed by atoms with Crippen LogP contribution in [0.1, 0.15) is 23.5 Å². The highest BCUT2D eigenvalue weighted by atomic mass is 35.5. The van der Waals surface area contributed by atoms with Gasteiger partial charge in [0.25, 0.3) is 5.91 Å². The van der Waals surface area contributed by atoms with Gasteiger partial charge < -0.3 is 0 Å². The molecule has 0 N–H and O–H groups in total. The van der Waals surface area contributed by atoms with Gasteiger partial charge in [-0.25, -0.2) is 0 Å². The molecule has 1 spiro atoms. The van der Waals surface area contributed by atoms with Crippen LogP contribution in [0.5, 0.6) is 0 Å². The monoisotopic (exact) mass is 489 g/mol. The van der Waals surface area contributed by atoms with Crippen LogP contribution < -0.4 is 9.80 Å². The molecule has 2 amide bonds. The van der Waals surface area contributed by atoms with E-state index in [0.29, 0.717) is 23.3 Å². The molecule has 3 aliphatic heterocycles. The second-order valence-corrected chi connectivity index (χ2v) is 10.6. The quantitative estimate of drug-likeness (QED) is 0.513. The van der Waals surface area contributed by atoms with Crippen molar-refractivity contribution in [2.24, 2.45) is 0 Å². The Morgan fingerprint density at radius 2 is 1.68 bits per heavy atom. The van der Waals surface area contributed by atoms with Crippen molar-refractivity contribution in [3.8, 4) is 0 Å². The van der Waals surface area contributed by atoms with Crippen LogP contribution in [0.25, 0.3) is 0 Å². The predicted molar refractivity (Wildman–Crippen MR) is 137 cm³/mol. The predicted octanol–water partition coefficient (Wildman–Crippen LogP) is 5.07. The van der Waals surface area contributed by atoms with Gasteiger partial charge in [-0.1, -0.05) is 60.1 Å². The number of thioether (sulfide) groups is 1. The van der Waals surface area contributed by atoms with Crippen molar-refractivity contribution < 1.29 is 9.59 Å². The van der Waals surface area contributed by atoms with E-state index in [0.717, 1.165) is 30.8 Å². The van der Waals surface area contributed by atoms with Gasteiger partial charge in [0, 0.05) is 29.4 Å². The fourth-order valence-corrected chi connectivity index (χ4v) is 6.93. The molecule has 34 heavy (non-hydrogen) atoms. The van der Waals surface area contributed by atoms with Gasteiger partial charge in [0.1, 0.15) is 0 Å². The number of likely N-dealkylation sites (tertiary alicyclic amines) is 1. The highest BCUT2D eigenvalue weighted by Gasteiger charge is 2.61. The Kier molecular flexibility index (Phi) is 5.40. The molecule has 2 fully saturated rings. The molecule has 3 aromatic carbocycles. The number of hydrogen-bond donors (Lipinski definition) is 0. The van der Waals surface area contributed by atoms with Gasteiger partial charge >= 0.3 is 0 Å². The highest BCUT2D eigenvalue weighted by Crippen LogP contribution is 2.55. The normalized spacial score (nSPS) is 24.4. The molecule has 5 nitrogen and oxygen atoms in total. The molecule has 0 aromatic heterocycles. The van der Waals surface area contributed by atoms with Crippen LogP contribution in [0.15, 0.2) is 78.9 Å². The lowest BCUT2D eigenvalue weighted by Crippen LogP contribution is -2.51. The molecular weight excluding hydrogens is 466 g/mol.